The van der Waals surface area contributed by atoms with E-state index in [4.69, 9.17) is 10.2 Å². The highest BCUT2D eigenvalue weighted by atomic mass is 16.4. The summed E-state index contributed by atoms with van der Waals surface area (Å²) < 4.78 is 0. The number of hydrogen-bond acceptors (Lipinski definition) is 2. The number of aliphatic carboxylic acids is 1. The van der Waals surface area contributed by atoms with Crippen molar-refractivity contribution in [3.63, 3.8) is 0 Å². The number of rotatable bonds is 11. The minimum absolute atomic E-state index is 0.341. The molecule has 0 rings (SSSR count). The van der Waals surface area contributed by atoms with E-state index >= 15 is 0 Å². The van der Waals surface area contributed by atoms with Crippen LogP contribution in [0.5, 0.6) is 0 Å². The van der Waals surface area contributed by atoms with E-state index in [1.54, 1.807) is 0 Å². The molecule has 0 fully saturated rings. The van der Waals surface area contributed by atoms with Crippen molar-refractivity contribution in [1.82, 2.24) is 0 Å². The van der Waals surface area contributed by atoms with Gasteiger partial charge in [0.1, 0.15) is 0 Å². The van der Waals surface area contributed by atoms with E-state index in [-0.39, 0.29) is 0 Å². The van der Waals surface area contributed by atoms with Crippen LogP contribution >= 0.6 is 0 Å². The first-order valence-electron chi connectivity index (χ1n) is 8.22. The normalized spacial score (nSPS) is 11.4. The van der Waals surface area contributed by atoms with Crippen molar-refractivity contribution in [2.24, 2.45) is 0 Å². The van der Waals surface area contributed by atoms with E-state index < -0.39 is 12.1 Å². The summed E-state index contributed by atoms with van der Waals surface area (Å²) in [4.78, 5) is 10.4. The van der Waals surface area contributed by atoms with Crippen LogP contribution in [0.3, 0.4) is 0 Å². The van der Waals surface area contributed by atoms with Crippen LogP contribution in [0.1, 0.15) is 71.1 Å². The lowest BCUT2D eigenvalue weighted by atomic mass is 10.1. The van der Waals surface area contributed by atoms with Crippen LogP contribution in [0, 0.1) is 23.7 Å². The van der Waals surface area contributed by atoms with Gasteiger partial charge in [0.25, 0.3) is 0 Å². The molecule has 0 aliphatic rings. The van der Waals surface area contributed by atoms with Crippen molar-refractivity contribution in [3.05, 3.63) is 12.2 Å². The third kappa shape index (κ3) is 14.7. The largest absolute Gasteiger partial charge is 0.479 e. The molecule has 2 N–H and O–H groups in total. The lowest BCUT2D eigenvalue weighted by Crippen LogP contribution is -2.18. The second-order valence-corrected chi connectivity index (χ2v) is 5.28. The van der Waals surface area contributed by atoms with Gasteiger partial charge >= 0.3 is 5.97 Å². The standard InChI is InChI=1S/C19H28O3/c1-2-3-4-5-6-7-8-9-10-11-12-13-14-15-16-17-18(20)19(21)22/h10-11,18,20H,2-5,12-17H2,1H3,(H,21,22)/b11-10+. The number of carboxylic acid groups (broad SMARTS) is 1. The van der Waals surface area contributed by atoms with Crippen molar-refractivity contribution in [1.29, 1.82) is 0 Å². The highest BCUT2D eigenvalue weighted by Gasteiger charge is 2.11. The Morgan fingerprint density at radius 3 is 2.59 bits per heavy atom. The van der Waals surface area contributed by atoms with E-state index in [1.807, 2.05) is 12.2 Å². The van der Waals surface area contributed by atoms with Gasteiger partial charge in [0, 0.05) is 6.42 Å². The molecule has 0 radical (unpaired) electrons. The molecular weight excluding hydrogens is 276 g/mol. The minimum Gasteiger partial charge on any atom is -0.479 e. The smallest absolute Gasteiger partial charge is 0.332 e. The number of aliphatic hydroxyl groups is 1. The zero-order valence-corrected chi connectivity index (χ0v) is 13.6. The summed E-state index contributed by atoms with van der Waals surface area (Å²) in [6, 6.07) is 0. The van der Waals surface area contributed by atoms with Crippen LogP contribution in [0.15, 0.2) is 12.2 Å². The molecule has 0 aliphatic carbocycles. The molecule has 3 nitrogen and oxygen atoms in total. The SMILES string of the molecule is CCCCCC#CC#C/C=C/CCCCCCC(O)C(=O)O. The highest BCUT2D eigenvalue weighted by Crippen LogP contribution is 2.08. The lowest BCUT2D eigenvalue weighted by Gasteiger charge is -2.04. The molecule has 0 bridgehead atoms. The molecule has 22 heavy (non-hydrogen) atoms. The van der Waals surface area contributed by atoms with Gasteiger partial charge in [0.15, 0.2) is 6.10 Å². The van der Waals surface area contributed by atoms with Crippen LogP contribution in [0.2, 0.25) is 0 Å². The topological polar surface area (TPSA) is 57.5 Å². The predicted molar refractivity (Wildman–Crippen MR) is 90.2 cm³/mol. The Labute approximate surface area is 134 Å². The second kappa shape index (κ2) is 15.7. The van der Waals surface area contributed by atoms with Gasteiger partial charge in [-0.3, -0.25) is 0 Å². The van der Waals surface area contributed by atoms with E-state index in [1.165, 1.54) is 12.8 Å². The molecule has 0 aliphatic heterocycles. The molecule has 1 unspecified atom stereocenters. The molecule has 0 heterocycles. The Morgan fingerprint density at radius 2 is 1.86 bits per heavy atom. The summed E-state index contributed by atoms with van der Waals surface area (Å²) in [5, 5.41) is 17.6. The molecule has 3 heteroatoms. The third-order valence-electron chi connectivity index (χ3n) is 3.21. The third-order valence-corrected chi connectivity index (χ3v) is 3.21. The summed E-state index contributed by atoms with van der Waals surface area (Å²) in [5.74, 6) is 10.5. The Hall–Kier alpha value is -1.71. The van der Waals surface area contributed by atoms with Gasteiger partial charge in [-0.2, -0.15) is 0 Å². The fraction of sp³-hybridized carbons (Fsp3) is 0.632. The lowest BCUT2D eigenvalue weighted by molar-refractivity contribution is -0.146. The van der Waals surface area contributed by atoms with Gasteiger partial charge < -0.3 is 10.2 Å². The van der Waals surface area contributed by atoms with E-state index in [9.17, 15) is 4.79 Å². The van der Waals surface area contributed by atoms with Gasteiger partial charge in [-0.15, -0.1) is 0 Å². The maximum Gasteiger partial charge on any atom is 0.332 e. The monoisotopic (exact) mass is 304 g/mol. The minimum atomic E-state index is -1.21. The highest BCUT2D eigenvalue weighted by molar-refractivity contribution is 5.71. The summed E-state index contributed by atoms with van der Waals surface area (Å²) >= 11 is 0. The van der Waals surface area contributed by atoms with Gasteiger partial charge in [-0.25, -0.2) is 4.79 Å². The molecule has 0 aromatic heterocycles. The fourth-order valence-electron chi connectivity index (χ4n) is 1.87. The van der Waals surface area contributed by atoms with Crippen LogP contribution in [0.25, 0.3) is 0 Å². The second-order valence-electron chi connectivity index (χ2n) is 5.28. The van der Waals surface area contributed by atoms with Crippen molar-refractivity contribution >= 4 is 5.97 Å². The van der Waals surface area contributed by atoms with Crippen molar-refractivity contribution < 1.29 is 15.0 Å². The quantitative estimate of drug-likeness (QED) is 0.449. The zero-order valence-electron chi connectivity index (χ0n) is 13.6. The number of allylic oxidation sites excluding steroid dienone is 2. The molecule has 0 saturated carbocycles. The van der Waals surface area contributed by atoms with Crippen LogP contribution in [-0.2, 0) is 4.79 Å². The molecule has 0 aromatic carbocycles. The summed E-state index contributed by atoms with van der Waals surface area (Å²) in [5.41, 5.74) is 0. The van der Waals surface area contributed by atoms with Gasteiger partial charge in [0.2, 0.25) is 0 Å². The first-order valence-corrected chi connectivity index (χ1v) is 8.22. The first kappa shape index (κ1) is 20.3. The average Bonchev–Trinajstić information content (AvgIpc) is 2.50. The summed E-state index contributed by atoms with van der Waals surface area (Å²) in [6.07, 6.45) is 12.3. The maximum atomic E-state index is 10.4. The molecule has 122 valence electrons. The number of carboxylic acids is 1. The molecule has 0 spiro atoms. The number of carbonyl (C=O) groups is 1. The molecular formula is C19H28O3. The fourth-order valence-corrected chi connectivity index (χ4v) is 1.87. The van der Waals surface area contributed by atoms with Crippen LogP contribution in [0.4, 0.5) is 0 Å². The maximum absolute atomic E-state index is 10.4. The van der Waals surface area contributed by atoms with Crippen LogP contribution < -0.4 is 0 Å². The number of hydrogen-bond donors (Lipinski definition) is 2. The van der Waals surface area contributed by atoms with Crippen LogP contribution in [-0.4, -0.2) is 22.3 Å². The summed E-state index contributed by atoms with van der Waals surface area (Å²) in [6.45, 7) is 2.18. The number of unbranched alkanes of at least 4 members (excludes halogenated alkanes) is 7. The number of aliphatic hydroxyl groups excluding tert-OH is 1. The van der Waals surface area contributed by atoms with E-state index in [2.05, 4.69) is 30.6 Å². The average molecular weight is 304 g/mol. The Morgan fingerprint density at radius 1 is 1.09 bits per heavy atom. The molecule has 1 atom stereocenters. The zero-order chi connectivity index (χ0) is 16.5. The van der Waals surface area contributed by atoms with Crippen molar-refractivity contribution in [2.45, 2.75) is 77.2 Å². The first-order chi connectivity index (χ1) is 10.7. The van der Waals surface area contributed by atoms with Gasteiger partial charge in [0.05, 0.1) is 0 Å². The molecule has 0 amide bonds. The Bertz CT molecular complexity index is 429. The Balaban J connectivity index is 3.46. The van der Waals surface area contributed by atoms with Crippen molar-refractivity contribution in [3.8, 4) is 23.7 Å². The molecule has 0 saturated heterocycles. The Kier molecular flexibility index (Phi) is 14.5. The summed E-state index contributed by atoms with van der Waals surface area (Å²) in [7, 11) is 0. The van der Waals surface area contributed by atoms with Gasteiger partial charge in [-0.05, 0) is 43.6 Å². The van der Waals surface area contributed by atoms with Crippen molar-refractivity contribution in [2.75, 3.05) is 0 Å². The van der Waals surface area contributed by atoms with E-state index in [0.29, 0.717) is 6.42 Å². The predicted octanol–water partition coefficient (Wildman–Crippen LogP) is 3.92. The molecule has 0 aromatic rings. The van der Waals surface area contributed by atoms with Gasteiger partial charge in [-0.1, -0.05) is 56.9 Å². The van der Waals surface area contributed by atoms with E-state index in [0.717, 1.165) is 44.9 Å².